The van der Waals surface area contributed by atoms with Gasteiger partial charge in [-0.25, -0.2) is 9.97 Å². The van der Waals surface area contributed by atoms with Gasteiger partial charge in [-0.15, -0.1) is 0 Å². The zero-order chi connectivity index (χ0) is 30.1. The lowest BCUT2D eigenvalue weighted by Crippen LogP contribution is -2.31. The normalized spacial score (nSPS) is 14.3. The molecule has 44 heavy (non-hydrogen) atoms. The van der Waals surface area contributed by atoms with Gasteiger partial charge in [0.25, 0.3) is 0 Å². The molecule has 0 amide bonds. The molecule has 0 radical (unpaired) electrons. The Bertz CT molecular complexity index is 1970. The van der Waals surface area contributed by atoms with E-state index in [2.05, 4.69) is 66.1 Å². The van der Waals surface area contributed by atoms with Crippen molar-refractivity contribution in [1.29, 1.82) is 0 Å². The highest BCUT2D eigenvalue weighted by Gasteiger charge is 2.42. The number of rotatable bonds is 9. The van der Waals surface area contributed by atoms with E-state index >= 15 is 0 Å². The summed E-state index contributed by atoms with van der Waals surface area (Å²) in [5.74, 6) is 0.791. The number of imidazole rings is 1. The average Bonchev–Trinajstić information content (AvgIpc) is 3.66. The van der Waals surface area contributed by atoms with Gasteiger partial charge >= 0.3 is 5.97 Å². The van der Waals surface area contributed by atoms with Crippen molar-refractivity contribution in [2.24, 2.45) is 5.41 Å². The maximum Gasteiger partial charge on any atom is 0.310 e. The van der Waals surface area contributed by atoms with Crippen molar-refractivity contribution in [3.8, 4) is 16.9 Å². The monoisotopic (exact) mass is 581 g/mol. The van der Waals surface area contributed by atoms with Crippen LogP contribution in [-0.2, 0) is 24.4 Å². The Kier molecular flexibility index (Phi) is 7.34. The van der Waals surface area contributed by atoms with Crippen LogP contribution in [0.2, 0.25) is 0 Å². The Balaban J connectivity index is 1.21. The van der Waals surface area contributed by atoms with Gasteiger partial charge in [0.1, 0.15) is 18.2 Å². The maximum atomic E-state index is 12.5. The minimum Gasteiger partial charge on any atom is -0.487 e. The second-order valence-corrected chi connectivity index (χ2v) is 12.1. The van der Waals surface area contributed by atoms with Crippen LogP contribution < -0.4 is 4.74 Å². The molecule has 2 heterocycles. The van der Waals surface area contributed by atoms with Crippen LogP contribution >= 0.6 is 0 Å². The highest BCUT2D eigenvalue weighted by molar-refractivity contribution is 5.80. The molecule has 2 aromatic heterocycles. The van der Waals surface area contributed by atoms with Crippen molar-refractivity contribution >= 4 is 27.9 Å². The average molecular weight is 582 g/mol. The molecule has 1 aliphatic rings. The number of aliphatic carboxylic acids is 1. The van der Waals surface area contributed by atoms with Gasteiger partial charge in [0.05, 0.1) is 27.7 Å². The molecule has 220 valence electrons. The van der Waals surface area contributed by atoms with Gasteiger partial charge in [0, 0.05) is 24.4 Å². The summed E-state index contributed by atoms with van der Waals surface area (Å²) in [6.45, 7) is 3.04. The summed E-state index contributed by atoms with van der Waals surface area (Å²) in [5.41, 5.74) is 7.50. The maximum absolute atomic E-state index is 12.5. The van der Waals surface area contributed by atoms with E-state index < -0.39 is 11.4 Å². The van der Waals surface area contributed by atoms with E-state index in [-0.39, 0.29) is 0 Å². The van der Waals surface area contributed by atoms with Crippen molar-refractivity contribution < 1.29 is 14.6 Å². The first-order valence-corrected chi connectivity index (χ1v) is 15.3. The van der Waals surface area contributed by atoms with E-state index in [1.165, 1.54) is 11.1 Å². The molecule has 0 unspecified atom stereocenters. The van der Waals surface area contributed by atoms with Crippen LogP contribution in [0.4, 0.5) is 0 Å². The van der Waals surface area contributed by atoms with Crippen molar-refractivity contribution in [1.82, 2.24) is 14.5 Å². The number of carboxylic acids is 1. The highest BCUT2D eigenvalue weighted by atomic mass is 16.5. The van der Waals surface area contributed by atoms with E-state index in [4.69, 9.17) is 14.7 Å². The lowest BCUT2D eigenvalue weighted by Gasteiger charge is -2.24. The van der Waals surface area contributed by atoms with Gasteiger partial charge in [-0.2, -0.15) is 0 Å². The molecule has 1 saturated carbocycles. The van der Waals surface area contributed by atoms with Gasteiger partial charge in [-0.1, -0.05) is 85.1 Å². The van der Waals surface area contributed by atoms with E-state index in [9.17, 15) is 9.90 Å². The van der Waals surface area contributed by atoms with Crippen LogP contribution in [0.3, 0.4) is 0 Å². The third-order valence-electron chi connectivity index (χ3n) is 9.00. The number of nitrogens with zero attached hydrogens (tertiary/aromatic N) is 3. The molecule has 1 fully saturated rings. The molecule has 1 aliphatic carbocycles. The molecular weight excluding hydrogens is 546 g/mol. The van der Waals surface area contributed by atoms with Gasteiger partial charge in [-0.3, -0.25) is 4.79 Å². The van der Waals surface area contributed by atoms with E-state index in [1.807, 2.05) is 48.5 Å². The molecule has 6 nitrogen and oxygen atoms in total. The Morgan fingerprint density at radius 3 is 2.48 bits per heavy atom. The predicted octanol–water partition coefficient (Wildman–Crippen LogP) is 8.37. The molecule has 0 saturated heterocycles. The molecule has 6 heteroatoms. The summed E-state index contributed by atoms with van der Waals surface area (Å²) in [6, 6.07) is 35.2. The van der Waals surface area contributed by atoms with Crippen LogP contribution in [0, 0.1) is 12.3 Å². The molecule has 4 aromatic carbocycles. The number of hydrogen-bond acceptors (Lipinski definition) is 4. The number of aryl methyl sites for hydroxylation is 1. The fourth-order valence-electron chi connectivity index (χ4n) is 6.51. The summed E-state index contributed by atoms with van der Waals surface area (Å²) < 4.78 is 8.37. The van der Waals surface area contributed by atoms with Crippen molar-refractivity contribution in [3.63, 3.8) is 0 Å². The summed E-state index contributed by atoms with van der Waals surface area (Å²) in [5, 5.41) is 11.4. The molecule has 0 atom stereocenters. The minimum atomic E-state index is -0.774. The number of aromatic nitrogens is 3. The number of pyridine rings is 1. The summed E-state index contributed by atoms with van der Waals surface area (Å²) in [7, 11) is 0. The van der Waals surface area contributed by atoms with E-state index in [1.54, 1.807) is 0 Å². The summed E-state index contributed by atoms with van der Waals surface area (Å²) >= 11 is 0. The van der Waals surface area contributed by atoms with Crippen LogP contribution in [0.5, 0.6) is 5.75 Å². The lowest BCUT2D eigenvalue weighted by molar-refractivity contribution is -0.148. The summed E-state index contributed by atoms with van der Waals surface area (Å²) in [6.07, 6.45) is 3.65. The number of hydrogen-bond donors (Lipinski definition) is 1. The second-order valence-electron chi connectivity index (χ2n) is 12.1. The quantitative estimate of drug-likeness (QED) is 0.186. The molecule has 0 bridgehead atoms. The van der Waals surface area contributed by atoms with E-state index in [0.717, 1.165) is 57.4 Å². The molecule has 6 aromatic rings. The number of para-hydroxylation sites is 1. The van der Waals surface area contributed by atoms with Crippen molar-refractivity contribution in [2.45, 2.75) is 52.2 Å². The van der Waals surface area contributed by atoms with E-state index in [0.29, 0.717) is 38.2 Å². The fourth-order valence-corrected chi connectivity index (χ4v) is 6.51. The number of ether oxygens (including phenoxy) is 1. The van der Waals surface area contributed by atoms with Crippen LogP contribution in [0.15, 0.2) is 103 Å². The summed E-state index contributed by atoms with van der Waals surface area (Å²) in [4.78, 5) is 22.3. The number of carbonyl (C=O) groups is 1. The number of fused-ring (bicyclic) bond motifs is 2. The Hall–Kier alpha value is -4.97. The topological polar surface area (TPSA) is 77.2 Å². The van der Waals surface area contributed by atoms with Crippen molar-refractivity contribution in [3.05, 3.63) is 126 Å². The predicted molar refractivity (Wildman–Crippen MR) is 174 cm³/mol. The second kappa shape index (κ2) is 11.6. The third kappa shape index (κ3) is 5.55. The molecule has 0 spiro atoms. The van der Waals surface area contributed by atoms with Crippen LogP contribution in [0.1, 0.15) is 48.3 Å². The minimum absolute atomic E-state index is 0.345. The van der Waals surface area contributed by atoms with Gasteiger partial charge in [0.2, 0.25) is 0 Å². The van der Waals surface area contributed by atoms with Crippen LogP contribution in [-0.4, -0.2) is 25.6 Å². The number of benzene rings is 4. The zero-order valence-electron chi connectivity index (χ0n) is 24.9. The molecule has 1 N–H and O–H groups in total. The van der Waals surface area contributed by atoms with Crippen molar-refractivity contribution in [2.75, 3.05) is 0 Å². The molecule has 0 aliphatic heterocycles. The molecular formula is C38H35N3O3. The first kappa shape index (κ1) is 27.8. The Labute approximate surface area is 257 Å². The standard InChI is InChI=1S/C38H35N3O3/c1-26-11-13-28(14-12-26)30-9-6-7-27(21-30)24-41-35-18-17-32(44-25-31-16-15-29-8-2-3-10-33(29)39-31)22-34(35)40-36(41)23-38(37(42)43)19-4-5-20-38/h2-3,6-18,21-22H,4-5,19-20,23-25H2,1H3,(H,42,43). The van der Waals surface area contributed by atoms with Gasteiger partial charge in [-0.05, 0) is 66.8 Å². The highest BCUT2D eigenvalue weighted by Crippen LogP contribution is 2.42. The largest absolute Gasteiger partial charge is 0.487 e. The lowest BCUT2D eigenvalue weighted by atomic mass is 9.82. The van der Waals surface area contributed by atoms with Gasteiger partial charge in [0.15, 0.2) is 0 Å². The Morgan fingerprint density at radius 2 is 1.66 bits per heavy atom. The first-order valence-electron chi connectivity index (χ1n) is 15.3. The number of carboxylic acid groups (broad SMARTS) is 1. The van der Waals surface area contributed by atoms with Gasteiger partial charge < -0.3 is 14.4 Å². The first-order chi connectivity index (χ1) is 21.5. The van der Waals surface area contributed by atoms with Crippen LogP contribution in [0.25, 0.3) is 33.1 Å². The third-order valence-corrected chi connectivity index (χ3v) is 9.00. The SMILES string of the molecule is Cc1ccc(-c2cccc(Cn3c(CC4(C(=O)O)CCCC4)nc4cc(OCc5ccc6ccccc6n5)ccc43)c2)cc1. The zero-order valence-corrected chi connectivity index (χ0v) is 24.9. The fraction of sp³-hybridized carbons (Fsp3) is 0.237. The molecule has 7 rings (SSSR count). The smallest absolute Gasteiger partial charge is 0.310 e. The Morgan fingerprint density at radius 1 is 0.841 bits per heavy atom.